The van der Waals surface area contributed by atoms with E-state index in [4.69, 9.17) is 14.6 Å². The van der Waals surface area contributed by atoms with E-state index in [-0.39, 0.29) is 18.0 Å². The van der Waals surface area contributed by atoms with Gasteiger partial charge < -0.3 is 9.47 Å². The molecule has 1 aromatic rings. The van der Waals surface area contributed by atoms with Gasteiger partial charge >= 0.3 is 0 Å². The van der Waals surface area contributed by atoms with Crippen molar-refractivity contribution in [3.05, 3.63) is 28.3 Å². The van der Waals surface area contributed by atoms with Crippen molar-refractivity contribution in [2.75, 3.05) is 13.7 Å². The normalized spacial score (nSPS) is 13.0. The summed E-state index contributed by atoms with van der Waals surface area (Å²) in [7, 11) is -2.65. The van der Waals surface area contributed by atoms with Gasteiger partial charge in [0.15, 0.2) is 0 Å². The van der Waals surface area contributed by atoms with Crippen LogP contribution < -0.4 is 9.88 Å². The number of nitrogens with two attached hydrogens (primary N) is 1. The zero-order chi connectivity index (χ0) is 14.6. The molecule has 1 rings (SSSR count). The van der Waals surface area contributed by atoms with Crippen molar-refractivity contribution in [1.82, 2.24) is 0 Å². The third-order valence-electron chi connectivity index (χ3n) is 2.17. The van der Waals surface area contributed by atoms with Crippen molar-refractivity contribution < 1.29 is 22.8 Å². The average molecular weight is 290 g/mol. The fraction of sp³-hybridized carbons (Fsp3) is 0.400. The van der Waals surface area contributed by atoms with Crippen molar-refractivity contribution in [3.63, 3.8) is 0 Å². The van der Waals surface area contributed by atoms with Gasteiger partial charge in [0.25, 0.3) is 5.69 Å². The standard InChI is InChI=1S/C10H14N2O6S/c1-7(6-17-2)18-9-4-3-8(12(13)14)5-10(9)19(11,15)16/h3-5,7H,6H2,1-2H3,(H2,11,15,16). The molecule has 106 valence electrons. The first kappa shape index (κ1) is 15.3. The van der Waals surface area contributed by atoms with E-state index in [9.17, 15) is 18.5 Å². The van der Waals surface area contributed by atoms with Crippen LogP contribution in [0.1, 0.15) is 6.92 Å². The number of non-ortho nitro benzene ring substituents is 1. The molecule has 1 aromatic carbocycles. The molecule has 0 amide bonds. The Morgan fingerprint density at radius 1 is 1.47 bits per heavy atom. The number of rotatable bonds is 6. The van der Waals surface area contributed by atoms with Crippen LogP contribution in [0.15, 0.2) is 23.1 Å². The number of ether oxygens (including phenoxy) is 2. The van der Waals surface area contributed by atoms with Crippen LogP contribution in [0, 0.1) is 10.1 Å². The molecule has 19 heavy (non-hydrogen) atoms. The molecule has 0 aliphatic carbocycles. The lowest BCUT2D eigenvalue weighted by Crippen LogP contribution is -2.21. The minimum Gasteiger partial charge on any atom is -0.487 e. The van der Waals surface area contributed by atoms with Gasteiger partial charge in [-0.1, -0.05) is 0 Å². The maximum absolute atomic E-state index is 11.4. The molecule has 0 bridgehead atoms. The van der Waals surface area contributed by atoms with Crippen LogP contribution >= 0.6 is 0 Å². The Bertz CT molecular complexity index is 571. The summed E-state index contributed by atoms with van der Waals surface area (Å²) in [6.07, 6.45) is -0.424. The minimum absolute atomic E-state index is 0.0438. The molecule has 0 aliphatic heterocycles. The zero-order valence-corrected chi connectivity index (χ0v) is 11.2. The van der Waals surface area contributed by atoms with E-state index >= 15 is 0 Å². The van der Waals surface area contributed by atoms with Crippen molar-refractivity contribution in [2.45, 2.75) is 17.9 Å². The summed E-state index contributed by atoms with van der Waals surface area (Å²) in [4.78, 5) is 9.49. The lowest BCUT2D eigenvalue weighted by Gasteiger charge is -2.15. The lowest BCUT2D eigenvalue weighted by atomic mass is 10.3. The molecule has 1 unspecified atom stereocenters. The molecule has 0 saturated carbocycles. The fourth-order valence-corrected chi connectivity index (χ4v) is 2.10. The van der Waals surface area contributed by atoms with Crippen molar-refractivity contribution in [3.8, 4) is 5.75 Å². The molecule has 0 aromatic heterocycles. The van der Waals surface area contributed by atoms with Crippen molar-refractivity contribution in [2.24, 2.45) is 5.14 Å². The maximum Gasteiger partial charge on any atom is 0.271 e. The average Bonchev–Trinajstić information content (AvgIpc) is 2.27. The Kier molecular flexibility index (Phi) is 4.81. The smallest absolute Gasteiger partial charge is 0.271 e. The monoisotopic (exact) mass is 290 g/mol. The van der Waals surface area contributed by atoms with Crippen LogP contribution in [-0.4, -0.2) is 33.2 Å². The van der Waals surface area contributed by atoms with Gasteiger partial charge in [-0.15, -0.1) is 0 Å². The number of methoxy groups -OCH3 is 1. The molecule has 0 fully saturated rings. The van der Waals surface area contributed by atoms with Crippen LogP contribution in [-0.2, 0) is 14.8 Å². The molecule has 0 spiro atoms. The number of hydrogen-bond donors (Lipinski definition) is 1. The van der Waals surface area contributed by atoms with Gasteiger partial charge in [-0.25, -0.2) is 13.6 Å². The van der Waals surface area contributed by atoms with E-state index in [1.165, 1.54) is 13.2 Å². The molecule has 1 atom stereocenters. The predicted molar refractivity (Wildman–Crippen MR) is 66.4 cm³/mol. The molecular weight excluding hydrogens is 276 g/mol. The fourth-order valence-electron chi connectivity index (χ4n) is 1.42. The number of nitro benzene ring substituents is 1. The Labute approximate surface area is 110 Å². The maximum atomic E-state index is 11.4. The van der Waals surface area contributed by atoms with Crippen LogP contribution in [0.2, 0.25) is 0 Å². The van der Waals surface area contributed by atoms with Gasteiger partial charge in [-0.3, -0.25) is 10.1 Å². The molecule has 0 saturated heterocycles. The summed E-state index contributed by atoms with van der Waals surface area (Å²) >= 11 is 0. The number of benzene rings is 1. The topological polar surface area (TPSA) is 122 Å². The van der Waals surface area contributed by atoms with E-state index < -0.39 is 25.9 Å². The molecule has 0 radical (unpaired) electrons. The van der Waals surface area contributed by atoms with Crippen LogP contribution in [0.5, 0.6) is 5.75 Å². The number of primary sulfonamides is 1. The minimum atomic E-state index is -4.12. The van der Waals surface area contributed by atoms with E-state index in [1.807, 2.05) is 0 Å². The SMILES string of the molecule is COCC(C)Oc1ccc([N+](=O)[O-])cc1S(N)(=O)=O. The van der Waals surface area contributed by atoms with Crippen LogP contribution in [0.3, 0.4) is 0 Å². The highest BCUT2D eigenvalue weighted by molar-refractivity contribution is 7.89. The predicted octanol–water partition coefficient (Wildman–Crippen LogP) is 0.656. The highest BCUT2D eigenvalue weighted by Gasteiger charge is 2.21. The lowest BCUT2D eigenvalue weighted by molar-refractivity contribution is -0.385. The van der Waals surface area contributed by atoms with E-state index in [0.29, 0.717) is 0 Å². The van der Waals surface area contributed by atoms with Crippen molar-refractivity contribution in [1.29, 1.82) is 0 Å². The number of sulfonamides is 1. The van der Waals surface area contributed by atoms with E-state index in [2.05, 4.69) is 0 Å². The van der Waals surface area contributed by atoms with Crippen LogP contribution in [0.25, 0.3) is 0 Å². The van der Waals surface area contributed by atoms with Crippen LogP contribution in [0.4, 0.5) is 5.69 Å². The number of nitrogens with zero attached hydrogens (tertiary/aromatic N) is 1. The first-order chi connectivity index (χ1) is 8.75. The summed E-state index contributed by atoms with van der Waals surface area (Å²) < 4.78 is 33.0. The van der Waals surface area contributed by atoms with Gasteiger partial charge in [-0.2, -0.15) is 0 Å². The van der Waals surface area contributed by atoms with Crippen molar-refractivity contribution >= 4 is 15.7 Å². The molecular formula is C10H14N2O6S. The summed E-state index contributed by atoms with van der Waals surface area (Å²) in [5, 5.41) is 15.6. The largest absolute Gasteiger partial charge is 0.487 e. The Morgan fingerprint density at radius 3 is 2.58 bits per heavy atom. The third-order valence-corrected chi connectivity index (χ3v) is 3.11. The summed E-state index contributed by atoms with van der Waals surface area (Å²) in [6, 6.07) is 3.21. The second-order valence-electron chi connectivity index (χ2n) is 3.82. The first-order valence-corrected chi connectivity index (χ1v) is 6.77. The molecule has 9 heteroatoms. The number of hydrogen-bond acceptors (Lipinski definition) is 6. The second kappa shape index (κ2) is 5.95. The highest BCUT2D eigenvalue weighted by atomic mass is 32.2. The van der Waals surface area contributed by atoms with E-state index in [0.717, 1.165) is 12.1 Å². The third kappa shape index (κ3) is 4.16. The quantitative estimate of drug-likeness (QED) is 0.606. The van der Waals surface area contributed by atoms with Gasteiger partial charge in [-0.05, 0) is 13.0 Å². The van der Waals surface area contributed by atoms with Gasteiger partial charge in [0.2, 0.25) is 10.0 Å². The Balaban J connectivity index is 3.21. The van der Waals surface area contributed by atoms with E-state index in [1.54, 1.807) is 6.92 Å². The summed E-state index contributed by atoms with van der Waals surface area (Å²) in [5.41, 5.74) is -0.379. The molecule has 0 aliphatic rings. The second-order valence-corrected chi connectivity index (χ2v) is 5.35. The molecule has 2 N–H and O–H groups in total. The summed E-state index contributed by atoms with van der Waals surface area (Å²) in [6.45, 7) is 1.90. The zero-order valence-electron chi connectivity index (χ0n) is 10.4. The Morgan fingerprint density at radius 2 is 2.11 bits per heavy atom. The van der Waals surface area contributed by atoms with Gasteiger partial charge in [0.05, 0.1) is 11.5 Å². The highest BCUT2D eigenvalue weighted by Crippen LogP contribution is 2.28. The van der Waals surface area contributed by atoms with Gasteiger partial charge in [0, 0.05) is 19.2 Å². The first-order valence-electron chi connectivity index (χ1n) is 5.22. The number of nitro groups is 1. The van der Waals surface area contributed by atoms with Gasteiger partial charge in [0.1, 0.15) is 16.7 Å². The molecule has 0 heterocycles. The summed E-state index contributed by atoms with van der Waals surface area (Å²) in [5.74, 6) is -0.0438. The molecule has 8 nitrogen and oxygen atoms in total. The Hall–Kier alpha value is -1.71.